The second-order valence-corrected chi connectivity index (χ2v) is 9.57. The van der Waals surface area contributed by atoms with Crippen LogP contribution in [-0.2, 0) is 10.0 Å². The lowest BCUT2D eigenvalue weighted by Gasteiger charge is -2.34. The van der Waals surface area contributed by atoms with Crippen LogP contribution in [-0.4, -0.2) is 61.8 Å². The van der Waals surface area contributed by atoms with Gasteiger partial charge in [-0.15, -0.1) is 0 Å². The van der Waals surface area contributed by atoms with E-state index in [2.05, 4.69) is 10.6 Å². The van der Waals surface area contributed by atoms with Gasteiger partial charge in [0.25, 0.3) is 5.91 Å². The van der Waals surface area contributed by atoms with Gasteiger partial charge in [-0.2, -0.15) is 9.57 Å². The number of benzene rings is 2. The second-order valence-electron chi connectivity index (χ2n) is 7.63. The normalized spacial score (nSPS) is 14.6. The van der Waals surface area contributed by atoms with Crippen LogP contribution in [0.3, 0.4) is 0 Å². The van der Waals surface area contributed by atoms with Gasteiger partial charge in [-0.1, -0.05) is 12.1 Å². The zero-order valence-electron chi connectivity index (χ0n) is 17.9. The number of amides is 3. The van der Waals surface area contributed by atoms with Crippen LogP contribution in [0.5, 0.6) is 0 Å². The third-order valence-electron chi connectivity index (χ3n) is 4.97. The molecule has 10 heteroatoms. The molecule has 1 saturated heterocycles. The van der Waals surface area contributed by atoms with Gasteiger partial charge in [-0.25, -0.2) is 13.2 Å². The molecule has 0 aromatic heterocycles. The first-order chi connectivity index (χ1) is 15.2. The van der Waals surface area contributed by atoms with E-state index in [9.17, 15) is 18.0 Å². The van der Waals surface area contributed by atoms with Gasteiger partial charge in [0.05, 0.1) is 27.8 Å². The molecule has 0 bridgehead atoms. The number of hydrogen-bond donors (Lipinski definition) is 2. The zero-order chi connectivity index (χ0) is 23.3. The Morgan fingerprint density at radius 2 is 1.62 bits per heavy atom. The lowest BCUT2D eigenvalue weighted by Crippen LogP contribution is -2.50. The molecule has 168 valence electrons. The van der Waals surface area contributed by atoms with Crippen molar-refractivity contribution in [1.29, 1.82) is 5.26 Å². The van der Waals surface area contributed by atoms with Crippen LogP contribution < -0.4 is 10.6 Å². The molecule has 2 aromatic rings. The minimum Gasteiger partial charge on any atom is -0.336 e. The number of hydrogen-bond acceptors (Lipinski definition) is 5. The third kappa shape index (κ3) is 5.25. The molecule has 9 nitrogen and oxygen atoms in total. The molecule has 0 radical (unpaired) electrons. The van der Waals surface area contributed by atoms with Gasteiger partial charge >= 0.3 is 6.03 Å². The molecule has 0 atom stereocenters. The number of carbonyl (C=O) groups excluding carboxylic acids is 2. The van der Waals surface area contributed by atoms with Gasteiger partial charge in [0.2, 0.25) is 10.0 Å². The topological polar surface area (TPSA) is 123 Å². The summed E-state index contributed by atoms with van der Waals surface area (Å²) < 4.78 is 27.1. The molecule has 1 aliphatic rings. The Kier molecular flexibility index (Phi) is 7.12. The molecule has 3 rings (SSSR count). The summed E-state index contributed by atoms with van der Waals surface area (Å²) in [6.07, 6.45) is 0. The van der Waals surface area contributed by atoms with Gasteiger partial charge in [0.1, 0.15) is 0 Å². The van der Waals surface area contributed by atoms with Crippen molar-refractivity contribution in [2.24, 2.45) is 0 Å². The molecule has 1 aliphatic heterocycles. The molecule has 0 saturated carbocycles. The Morgan fingerprint density at radius 1 is 1.00 bits per heavy atom. The van der Waals surface area contributed by atoms with Crippen molar-refractivity contribution in [2.45, 2.75) is 24.8 Å². The number of sulfonamides is 1. The van der Waals surface area contributed by atoms with E-state index >= 15 is 0 Å². The number of nitrogens with one attached hydrogen (secondary N) is 2. The summed E-state index contributed by atoms with van der Waals surface area (Å²) in [7, 11) is -3.72. The maximum atomic E-state index is 13.1. The average molecular weight is 456 g/mol. The number of nitrogens with zero attached hydrogens (tertiary/aromatic N) is 3. The summed E-state index contributed by atoms with van der Waals surface area (Å²) in [5, 5.41) is 14.3. The van der Waals surface area contributed by atoms with Crippen molar-refractivity contribution in [3.8, 4) is 6.07 Å². The van der Waals surface area contributed by atoms with Gasteiger partial charge in [0, 0.05) is 32.2 Å². The molecule has 1 heterocycles. The van der Waals surface area contributed by atoms with Gasteiger partial charge in [-0.05, 0) is 50.2 Å². The fraction of sp³-hybridized carbons (Fsp3) is 0.318. The lowest BCUT2D eigenvalue weighted by molar-refractivity contribution is 0.0699. The maximum Gasteiger partial charge on any atom is 0.319 e. The van der Waals surface area contributed by atoms with Crippen LogP contribution in [0.25, 0.3) is 0 Å². The average Bonchev–Trinajstić information content (AvgIpc) is 2.78. The van der Waals surface area contributed by atoms with Gasteiger partial charge in [0.15, 0.2) is 0 Å². The van der Waals surface area contributed by atoms with Crippen molar-refractivity contribution in [3.05, 3.63) is 59.7 Å². The van der Waals surface area contributed by atoms with Crippen LogP contribution in [0, 0.1) is 11.3 Å². The molecular formula is C22H25N5O4S. The number of carbonyl (C=O) groups is 2. The fourth-order valence-corrected chi connectivity index (χ4v) is 4.77. The van der Waals surface area contributed by atoms with E-state index in [1.807, 2.05) is 19.9 Å². The van der Waals surface area contributed by atoms with Crippen LogP contribution in [0.15, 0.2) is 53.4 Å². The van der Waals surface area contributed by atoms with Crippen molar-refractivity contribution < 1.29 is 18.0 Å². The van der Waals surface area contributed by atoms with Crippen molar-refractivity contribution >= 4 is 27.6 Å². The summed E-state index contributed by atoms with van der Waals surface area (Å²) in [5.74, 6) is -0.277. The third-order valence-corrected chi connectivity index (χ3v) is 6.89. The highest BCUT2D eigenvalue weighted by molar-refractivity contribution is 7.89. The van der Waals surface area contributed by atoms with Crippen molar-refractivity contribution in [2.75, 3.05) is 31.5 Å². The van der Waals surface area contributed by atoms with Crippen LogP contribution in [0.4, 0.5) is 10.5 Å². The summed E-state index contributed by atoms with van der Waals surface area (Å²) >= 11 is 0. The van der Waals surface area contributed by atoms with E-state index < -0.39 is 16.1 Å². The Labute approximate surface area is 187 Å². The number of piperazine rings is 1. The Bertz CT molecular complexity index is 1130. The highest BCUT2D eigenvalue weighted by atomic mass is 32.2. The fourth-order valence-electron chi connectivity index (χ4n) is 3.35. The molecule has 2 N–H and O–H groups in total. The highest BCUT2D eigenvalue weighted by Crippen LogP contribution is 2.21. The Morgan fingerprint density at radius 3 is 2.22 bits per heavy atom. The summed E-state index contributed by atoms with van der Waals surface area (Å²) in [4.78, 5) is 26.8. The molecule has 3 amide bonds. The highest BCUT2D eigenvalue weighted by Gasteiger charge is 2.31. The SMILES string of the molecule is CC(C)NC(=O)Nc1ccccc1C(=O)N1CCN(S(=O)(=O)c2ccc(C#N)cc2)CC1. The Balaban J connectivity index is 1.68. The Hall–Kier alpha value is -3.42. The number of anilines is 1. The molecule has 0 unspecified atom stereocenters. The van der Waals surface area contributed by atoms with E-state index in [1.54, 1.807) is 29.2 Å². The largest absolute Gasteiger partial charge is 0.336 e. The quantitative estimate of drug-likeness (QED) is 0.716. The number of urea groups is 1. The van der Waals surface area contributed by atoms with Gasteiger partial charge < -0.3 is 15.5 Å². The van der Waals surface area contributed by atoms with Crippen molar-refractivity contribution in [3.63, 3.8) is 0 Å². The molecular weight excluding hydrogens is 430 g/mol. The molecule has 0 aliphatic carbocycles. The second kappa shape index (κ2) is 9.80. The van der Waals surface area contributed by atoms with Crippen LogP contribution >= 0.6 is 0 Å². The zero-order valence-corrected chi connectivity index (χ0v) is 18.7. The minimum absolute atomic E-state index is 0.0519. The smallest absolute Gasteiger partial charge is 0.319 e. The molecule has 1 fully saturated rings. The van der Waals surface area contributed by atoms with Crippen LogP contribution in [0.2, 0.25) is 0 Å². The first-order valence-electron chi connectivity index (χ1n) is 10.2. The summed E-state index contributed by atoms with van der Waals surface area (Å²) in [5.41, 5.74) is 1.12. The first-order valence-corrected chi connectivity index (χ1v) is 11.6. The van der Waals surface area contributed by atoms with Gasteiger partial charge in [-0.3, -0.25) is 4.79 Å². The van der Waals surface area contributed by atoms with E-state index in [4.69, 9.17) is 5.26 Å². The number of nitriles is 1. The van der Waals surface area contributed by atoms with E-state index in [-0.39, 0.29) is 43.0 Å². The lowest BCUT2D eigenvalue weighted by atomic mass is 10.1. The molecule has 2 aromatic carbocycles. The van der Waals surface area contributed by atoms with E-state index in [1.165, 1.54) is 28.6 Å². The van der Waals surface area contributed by atoms with E-state index in [0.29, 0.717) is 16.8 Å². The standard InChI is InChI=1S/C22H25N5O4S/c1-16(2)24-22(29)25-20-6-4-3-5-19(20)21(28)26-11-13-27(14-12-26)32(30,31)18-9-7-17(15-23)8-10-18/h3-10,16H,11-14H2,1-2H3,(H2,24,25,29). The maximum absolute atomic E-state index is 13.1. The molecule has 32 heavy (non-hydrogen) atoms. The minimum atomic E-state index is -3.72. The first kappa shape index (κ1) is 23.2. The number of rotatable bonds is 5. The number of para-hydroxylation sites is 1. The monoisotopic (exact) mass is 455 g/mol. The van der Waals surface area contributed by atoms with Crippen molar-refractivity contribution in [1.82, 2.24) is 14.5 Å². The summed E-state index contributed by atoms with van der Waals surface area (Å²) in [6.45, 7) is 4.42. The van der Waals surface area contributed by atoms with E-state index in [0.717, 1.165) is 0 Å². The predicted octanol–water partition coefficient (Wildman–Crippen LogP) is 2.23. The van der Waals surface area contributed by atoms with Crippen LogP contribution in [0.1, 0.15) is 29.8 Å². The summed E-state index contributed by atoms with van der Waals surface area (Å²) in [6, 6.07) is 14.0. The predicted molar refractivity (Wildman–Crippen MR) is 120 cm³/mol. The molecule has 0 spiro atoms.